The number of para-hydroxylation sites is 2. The van der Waals surface area contributed by atoms with Gasteiger partial charge in [0.15, 0.2) is 0 Å². The van der Waals surface area contributed by atoms with E-state index in [1.54, 1.807) is 30.3 Å². The molecule has 2 aliphatic rings. The second-order valence-corrected chi connectivity index (χ2v) is 9.49. The first-order valence-electron chi connectivity index (χ1n) is 12.1. The van der Waals surface area contributed by atoms with Gasteiger partial charge in [-0.1, -0.05) is 24.3 Å². The predicted molar refractivity (Wildman–Crippen MR) is 148 cm³/mol. The lowest BCUT2D eigenvalue weighted by molar-refractivity contribution is -0.122. The molecule has 2 aromatic carbocycles. The third-order valence-electron chi connectivity index (χ3n) is 6.67. The zero-order chi connectivity index (χ0) is 25.4. The zero-order valence-corrected chi connectivity index (χ0v) is 22.2. The van der Waals surface area contributed by atoms with Crippen molar-refractivity contribution in [2.45, 2.75) is 12.1 Å². The van der Waals surface area contributed by atoms with E-state index in [1.165, 1.54) is 12.1 Å². The summed E-state index contributed by atoms with van der Waals surface area (Å²) in [4.78, 5) is 20.9. The Bertz CT molecular complexity index is 978. The van der Waals surface area contributed by atoms with Crippen LogP contribution in [0.3, 0.4) is 0 Å². The lowest BCUT2D eigenvalue weighted by atomic mass is 10.1. The molecule has 2 unspecified atom stereocenters. The van der Waals surface area contributed by atoms with E-state index in [-0.39, 0.29) is 38.0 Å². The van der Waals surface area contributed by atoms with Crippen LogP contribution in [0.5, 0.6) is 0 Å². The average molecular weight is 523 g/mol. The van der Waals surface area contributed by atoms with Gasteiger partial charge in [0.2, 0.25) is 5.91 Å². The molecule has 11 heteroatoms. The minimum atomic E-state index is -0.405. The summed E-state index contributed by atoms with van der Waals surface area (Å²) >= 11 is 0. The van der Waals surface area contributed by atoms with E-state index in [1.807, 2.05) is 25.1 Å². The SMILES string of the molecule is CN1CCN(C)C(C(=O)Nc2ccccc2F)C1.CN1CCN(C)C(CNc2ccccc2F)C1.F.[3HH].[B]. The monoisotopic (exact) mass is 523 g/mol. The zero-order valence-electron chi connectivity index (χ0n) is 22.2. The Morgan fingerprint density at radius 1 is 0.838 bits per heavy atom. The summed E-state index contributed by atoms with van der Waals surface area (Å²) in [6.07, 6.45) is 0. The smallest absolute Gasteiger partial charge is 0.243 e. The summed E-state index contributed by atoms with van der Waals surface area (Å²) in [7, 11) is 8.15. The molecular formula is C26H41BF3N6O. The molecule has 2 aliphatic heterocycles. The summed E-state index contributed by atoms with van der Waals surface area (Å²) in [6.45, 7) is 6.43. The van der Waals surface area contributed by atoms with Crippen LogP contribution in [0.2, 0.25) is 0 Å². The van der Waals surface area contributed by atoms with Crippen molar-refractivity contribution >= 4 is 25.7 Å². The molecule has 0 spiro atoms. The molecule has 7 nitrogen and oxygen atoms in total. The van der Waals surface area contributed by atoms with E-state index in [9.17, 15) is 13.6 Å². The number of carbonyl (C=O) groups is 1. The Kier molecular flexibility index (Phi) is 13.7. The number of amides is 1. The second kappa shape index (κ2) is 15.6. The Balaban J connectivity index is 0.000000669. The molecule has 2 N–H and O–H groups in total. The van der Waals surface area contributed by atoms with Crippen LogP contribution >= 0.6 is 0 Å². The van der Waals surface area contributed by atoms with Gasteiger partial charge in [0.05, 0.1) is 11.4 Å². The molecule has 0 bridgehead atoms. The van der Waals surface area contributed by atoms with Crippen molar-refractivity contribution in [3.63, 3.8) is 0 Å². The molecular weight excluding hydrogens is 480 g/mol. The van der Waals surface area contributed by atoms with Crippen molar-refractivity contribution in [2.75, 3.05) is 84.6 Å². The van der Waals surface area contributed by atoms with E-state index in [4.69, 9.17) is 0 Å². The Morgan fingerprint density at radius 3 is 1.95 bits per heavy atom. The number of nitrogens with one attached hydrogen (secondary N) is 2. The maximum Gasteiger partial charge on any atom is 0.243 e. The lowest BCUT2D eigenvalue weighted by Gasteiger charge is -2.37. The van der Waals surface area contributed by atoms with Gasteiger partial charge in [-0.3, -0.25) is 19.3 Å². The van der Waals surface area contributed by atoms with E-state index in [2.05, 4.69) is 39.4 Å². The molecule has 2 heterocycles. The quantitative estimate of drug-likeness (QED) is 0.588. The number of anilines is 2. The number of halogens is 3. The van der Waals surface area contributed by atoms with Gasteiger partial charge < -0.3 is 20.4 Å². The number of hydrogen-bond donors (Lipinski definition) is 2. The number of carbonyl (C=O) groups excluding carboxylic acids is 1. The molecule has 2 aromatic rings. The summed E-state index contributed by atoms with van der Waals surface area (Å²) in [6, 6.07) is 13.2. The summed E-state index contributed by atoms with van der Waals surface area (Å²) in [5.74, 6) is -0.744. The van der Waals surface area contributed by atoms with Crippen molar-refractivity contribution in [3.05, 3.63) is 60.2 Å². The maximum absolute atomic E-state index is 13.5. The van der Waals surface area contributed by atoms with Crippen LogP contribution in [0.1, 0.15) is 1.43 Å². The van der Waals surface area contributed by atoms with Crippen LogP contribution in [0.4, 0.5) is 24.9 Å². The van der Waals surface area contributed by atoms with E-state index in [0.717, 1.165) is 39.3 Å². The molecule has 2 fully saturated rings. The van der Waals surface area contributed by atoms with Gasteiger partial charge in [0.1, 0.15) is 17.7 Å². The highest BCUT2D eigenvalue weighted by Gasteiger charge is 2.28. The van der Waals surface area contributed by atoms with E-state index in [0.29, 0.717) is 18.3 Å². The summed E-state index contributed by atoms with van der Waals surface area (Å²) in [5, 5.41) is 5.84. The highest BCUT2D eigenvalue weighted by molar-refractivity contribution is 5.95. The highest BCUT2D eigenvalue weighted by Crippen LogP contribution is 2.15. The highest BCUT2D eigenvalue weighted by atomic mass is 19.1. The molecule has 2 atom stereocenters. The van der Waals surface area contributed by atoms with Gasteiger partial charge in [-0.25, -0.2) is 8.78 Å². The third kappa shape index (κ3) is 9.66. The maximum atomic E-state index is 13.5. The first-order chi connectivity index (χ1) is 16.7. The first kappa shape index (κ1) is 32.4. The Morgan fingerprint density at radius 2 is 1.35 bits per heavy atom. The van der Waals surface area contributed by atoms with Crippen LogP contribution in [-0.2, 0) is 4.79 Å². The first-order valence-corrected chi connectivity index (χ1v) is 12.1. The molecule has 0 aliphatic carbocycles. The molecule has 2 saturated heterocycles. The Hall–Kier alpha value is -2.60. The largest absolute Gasteiger partial charge is 0.381 e. The van der Waals surface area contributed by atoms with Crippen LogP contribution in [0, 0.1) is 11.6 Å². The van der Waals surface area contributed by atoms with Crippen molar-refractivity contribution < 1.29 is 19.7 Å². The fourth-order valence-corrected chi connectivity index (χ4v) is 4.23. The number of benzene rings is 2. The predicted octanol–water partition coefficient (Wildman–Crippen LogP) is 2.51. The lowest BCUT2D eigenvalue weighted by Crippen LogP contribution is -2.55. The molecule has 3 radical (unpaired) electrons. The standard InChI is InChI=1S/C13H18FN3O.C13H20FN3.B.FH.H2/c1-16-7-8-17(2)12(9-16)13(18)15-11-6-4-3-5-10(11)14;1-16-7-8-17(2)11(10-16)9-15-13-6-4-3-5-12(13)14;;;/h3-6,12H,7-9H2,1-2H3,(H,15,18);3-6,11,15H,7-10H2,1-2H3;;2*1H/i;;;;1+2. The topological polar surface area (TPSA) is 54.1 Å². The Labute approximate surface area is 222 Å². The normalized spacial score (nSPS) is 21.0. The molecule has 37 heavy (non-hydrogen) atoms. The van der Waals surface area contributed by atoms with E-state index >= 15 is 0 Å². The summed E-state index contributed by atoms with van der Waals surface area (Å²) < 4.78 is 26.9. The number of rotatable bonds is 5. The van der Waals surface area contributed by atoms with Gasteiger partial charge >= 0.3 is 0 Å². The van der Waals surface area contributed by atoms with Gasteiger partial charge in [-0.05, 0) is 52.5 Å². The second-order valence-electron chi connectivity index (χ2n) is 9.49. The van der Waals surface area contributed by atoms with Crippen molar-refractivity contribution in [1.82, 2.24) is 19.6 Å². The summed E-state index contributed by atoms with van der Waals surface area (Å²) in [5.41, 5.74) is 0.832. The van der Waals surface area contributed by atoms with Crippen LogP contribution in [-0.4, -0.2) is 120 Å². The molecule has 1 amide bonds. The molecule has 4 rings (SSSR count). The van der Waals surface area contributed by atoms with Crippen LogP contribution in [0.25, 0.3) is 0 Å². The third-order valence-corrected chi connectivity index (χ3v) is 6.67. The molecule has 0 aromatic heterocycles. The number of likely N-dealkylation sites (N-methyl/N-ethyl adjacent to an activating group) is 4. The van der Waals surface area contributed by atoms with E-state index < -0.39 is 5.82 Å². The van der Waals surface area contributed by atoms with Crippen molar-refractivity contribution in [3.8, 4) is 0 Å². The van der Waals surface area contributed by atoms with Crippen molar-refractivity contribution in [2.24, 2.45) is 0 Å². The fourth-order valence-electron chi connectivity index (χ4n) is 4.23. The van der Waals surface area contributed by atoms with Gasteiger partial charge in [0, 0.05) is 61.7 Å². The van der Waals surface area contributed by atoms with Crippen molar-refractivity contribution in [1.29, 1.82) is 0 Å². The van der Waals surface area contributed by atoms with Crippen LogP contribution in [0.15, 0.2) is 48.5 Å². The number of hydrogen-bond acceptors (Lipinski definition) is 6. The van der Waals surface area contributed by atoms with Gasteiger partial charge in [-0.15, -0.1) is 0 Å². The minimum absolute atomic E-state index is 0. The molecule has 0 saturated carbocycles. The molecule has 205 valence electrons. The van der Waals surface area contributed by atoms with Crippen LogP contribution < -0.4 is 10.6 Å². The average Bonchev–Trinajstić information content (AvgIpc) is 2.84. The number of piperazine rings is 2. The minimum Gasteiger partial charge on any atom is -0.381 e. The van der Waals surface area contributed by atoms with Gasteiger partial charge in [-0.2, -0.15) is 0 Å². The van der Waals surface area contributed by atoms with Gasteiger partial charge in [0.25, 0.3) is 0 Å². The fraction of sp³-hybridized carbons (Fsp3) is 0.500. The number of nitrogens with zero attached hydrogens (tertiary/aromatic N) is 4.